The zero-order chi connectivity index (χ0) is 16.9. The molecular formula is C15H11Cl2N3OS3. The number of hydrogen-bond acceptors (Lipinski definition) is 6. The first-order valence-corrected chi connectivity index (χ1v) is 10.3. The highest BCUT2D eigenvalue weighted by Crippen LogP contribution is 2.30. The smallest absolute Gasteiger partial charge is 0.232 e. The number of nitrogens with zero attached hydrogens (tertiary/aromatic N) is 2. The Labute approximate surface area is 161 Å². The van der Waals surface area contributed by atoms with E-state index in [1.54, 1.807) is 24.0 Å². The number of aromatic nitrogens is 2. The Hall–Kier alpha value is -1.12. The minimum atomic E-state index is -0.118. The number of thiazole rings is 2. The predicted molar refractivity (Wildman–Crippen MR) is 103 cm³/mol. The van der Waals surface area contributed by atoms with E-state index in [1.807, 2.05) is 22.9 Å². The van der Waals surface area contributed by atoms with Gasteiger partial charge < -0.3 is 5.32 Å². The van der Waals surface area contributed by atoms with E-state index in [0.717, 1.165) is 15.6 Å². The molecule has 0 saturated carbocycles. The quantitative estimate of drug-likeness (QED) is 0.548. The summed E-state index contributed by atoms with van der Waals surface area (Å²) in [5.74, 6) is 0.585. The van der Waals surface area contributed by atoms with Crippen molar-refractivity contribution in [3.8, 4) is 0 Å². The predicted octanol–water partition coefficient (Wildman–Crippen LogP) is 5.38. The van der Waals surface area contributed by atoms with Crippen LogP contribution in [0.3, 0.4) is 0 Å². The number of benzene rings is 1. The zero-order valence-electron chi connectivity index (χ0n) is 12.2. The van der Waals surface area contributed by atoms with Gasteiger partial charge in [0.05, 0.1) is 12.1 Å². The van der Waals surface area contributed by atoms with Crippen molar-refractivity contribution >= 4 is 68.7 Å². The monoisotopic (exact) mass is 415 g/mol. The molecule has 1 aromatic carbocycles. The molecule has 2 aromatic heterocycles. The highest BCUT2D eigenvalue weighted by molar-refractivity contribution is 8.00. The van der Waals surface area contributed by atoms with Crippen LogP contribution in [-0.2, 0) is 17.0 Å². The third kappa shape index (κ3) is 4.94. The second-order valence-electron chi connectivity index (χ2n) is 4.69. The van der Waals surface area contributed by atoms with Gasteiger partial charge in [-0.2, -0.15) is 0 Å². The maximum atomic E-state index is 11.9. The molecule has 4 nitrogen and oxygen atoms in total. The summed E-state index contributed by atoms with van der Waals surface area (Å²) in [6.07, 6.45) is 1.89. The number of hydrogen-bond donors (Lipinski definition) is 1. The van der Waals surface area contributed by atoms with E-state index >= 15 is 0 Å². The number of amides is 1. The lowest BCUT2D eigenvalue weighted by atomic mass is 10.2. The second-order valence-corrected chi connectivity index (χ2v) is 8.51. The van der Waals surface area contributed by atoms with Crippen LogP contribution in [0.15, 0.2) is 39.5 Å². The van der Waals surface area contributed by atoms with Crippen LogP contribution in [0.5, 0.6) is 0 Å². The summed E-state index contributed by atoms with van der Waals surface area (Å²) < 4.78 is 0.901. The number of rotatable bonds is 6. The average molecular weight is 416 g/mol. The van der Waals surface area contributed by atoms with Crippen LogP contribution in [0.4, 0.5) is 5.13 Å². The Kier molecular flexibility index (Phi) is 6.13. The van der Waals surface area contributed by atoms with E-state index in [9.17, 15) is 4.79 Å². The summed E-state index contributed by atoms with van der Waals surface area (Å²) in [5.41, 5.74) is 1.75. The van der Waals surface area contributed by atoms with Crippen LogP contribution in [0.1, 0.15) is 11.3 Å². The molecule has 1 N–H and O–H groups in total. The number of nitrogens with one attached hydrogen (secondary N) is 1. The number of carbonyl (C=O) groups excluding carboxylic acids is 1. The summed E-state index contributed by atoms with van der Waals surface area (Å²) in [7, 11) is 0. The Bertz CT molecular complexity index is 836. The standard InChI is InChI=1S/C15H11Cl2N3OS3/c16-10-2-1-9(12(17)5-10)7-23-15-19-11(8-24-15)6-13(21)20-14-18-3-4-22-14/h1-5,8H,6-7H2,(H,18,20,21). The van der Waals surface area contributed by atoms with E-state index < -0.39 is 0 Å². The number of thioether (sulfide) groups is 1. The normalized spacial score (nSPS) is 10.8. The van der Waals surface area contributed by atoms with Gasteiger partial charge in [-0.25, -0.2) is 9.97 Å². The van der Waals surface area contributed by atoms with Gasteiger partial charge in [0.15, 0.2) is 5.13 Å². The molecule has 0 unspecified atom stereocenters. The minimum absolute atomic E-state index is 0.118. The molecule has 9 heteroatoms. The third-order valence-electron chi connectivity index (χ3n) is 2.92. The lowest BCUT2D eigenvalue weighted by Crippen LogP contribution is -2.14. The largest absolute Gasteiger partial charge is 0.302 e. The number of halogens is 2. The molecule has 0 radical (unpaired) electrons. The van der Waals surface area contributed by atoms with Gasteiger partial charge in [0.1, 0.15) is 4.34 Å². The van der Waals surface area contributed by atoms with E-state index in [0.29, 0.717) is 20.9 Å². The number of anilines is 1. The van der Waals surface area contributed by atoms with E-state index in [2.05, 4.69) is 15.3 Å². The molecule has 0 bridgehead atoms. The average Bonchev–Trinajstić information content (AvgIpc) is 3.18. The highest BCUT2D eigenvalue weighted by Gasteiger charge is 2.10. The first-order chi connectivity index (χ1) is 11.6. The van der Waals surface area contributed by atoms with Gasteiger partial charge in [0.25, 0.3) is 0 Å². The summed E-state index contributed by atoms with van der Waals surface area (Å²) in [4.78, 5) is 20.4. The van der Waals surface area contributed by atoms with Gasteiger partial charge in [0, 0.05) is 32.8 Å². The molecule has 3 rings (SSSR count). The van der Waals surface area contributed by atoms with Crippen molar-refractivity contribution in [2.45, 2.75) is 16.5 Å². The van der Waals surface area contributed by atoms with Crippen molar-refractivity contribution in [3.05, 3.63) is 56.5 Å². The lowest BCUT2D eigenvalue weighted by Gasteiger charge is -2.02. The maximum Gasteiger partial charge on any atom is 0.232 e. The van der Waals surface area contributed by atoms with Crippen molar-refractivity contribution in [2.75, 3.05) is 5.32 Å². The van der Waals surface area contributed by atoms with Crippen molar-refractivity contribution in [1.29, 1.82) is 0 Å². The fraction of sp³-hybridized carbons (Fsp3) is 0.133. The minimum Gasteiger partial charge on any atom is -0.302 e. The van der Waals surface area contributed by atoms with Crippen molar-refractivity contribution in [1.82, 2.24) is 9.97 Å². The summed E-state index contributed by atoms with van der Waals surface area (Å²) in [6, 6.07) is 5.46. The first-order valence-electron chi connectivity index (χ1n) is 6.80. The molecule has 0 fully saturated rings. The summed E-state index contributed by atoms with van der Waals surface area (Å²) in [5, 5.41) is 8.33. The molecule has 0 aliphatic carbocycles. The van der Waals surface area contributed by atoms with Crippen molar-refractivity contribution in [2.24, 2.45) is 0 Å². The Morgan fingerprint density at radius 1 is 1.29 bits per heavy atom. The first kappa shape index (κ1) is 17.7. The van der Waals surface area contributed by atoms with Gasteiger partial charge in [-0.1, -0.05) is 41.0 Å². The molecule has 0 spiro atoms. The molecule has 2 heterocycles. The van der Waals surface area contributed by atoms with Crippen LogP contribution in [0, 0.1) is 0 Å². The van der Waals surface area contributed by atoms with Crippen LogP contribution >= 0.6 is 57.6 Å². The maximum absolute atomic E-state index is 11.9. The molecule has 1 amide bonds. The van der Waals surface area contributed by atoms with E-state index in [1.165, 1.54) is 22.7 Å². The molecule has 0 aliphatic heterocycles. The van der Waals surface area contributed by atoms with E-state index in [-0.39, 0.29) is 12.3 Å². The lowest BCUT2D eigenvalue weighted by molar-refractivity contribution is -0.115. The SMILES string of the molecule is O=C(Cc1csc(SCc2ccc(Cl)cc2Cl)n1)Nc1nccs1. The van der Waals surface area contributed by atoms with Gasteiger partial charge in [-0.15, -0.1) is 22.7 Å². The second kappa shape index (κ2) is 8.31. The Morgan fingerprint density at radius 3 is 2.92 bits per heavy atom. The molecule has 124 valence electrons. The molecule has 24 heavy (non-hydrogen) atoms. The van der Waals surface area contributed by atoms with Gasteiger partial charge in [-0.05, 0) is 17.7 Å². The van der Waals surface area contributed by atoms with Crippen LogP contribution in [0.2, 0.25) is 10.0 Å². The highest BCUT2D eigenvalue weighted by atomic mass is 35.5. The Balaban J connectivity index is 1.54. The molecule has 0 saturated heterocycles. The molecule has 3 aromatic rings. The Morgan fingerprint density at radius 2 is 2.17 bits per heavy atom. The molecule has 0 atom stereocenters. The van der Waals surface area contributed by atoms with Gasteiger partial charge in [-0.3, -0.25) is 4.79 Å². The molecule has 0 aliphatic rings. The number of carbonyl (C=O) groups is 1. The topological polar surface area (TPSA) is 54.9 Å². The van der Waals surface area contributed by atoms with E-state index in [4.69, 9.17) is 23.2 Å². The van der Waals surface area contributed by atoms with Gasteiger partial charge >= 0.3 is 0 Å². The fourth-order valence-corrected chi connectivity index (χ4v) is 4.78. The van der Waals surface area contributed by atoms with Crippen molar-refractivity contribution in [3.63, 3.8) is 0 Å². The van der Waals surface area contributed by atoms with Crippen LogP contribution in [0.25, 0.3) is 0 Å². The van der Waals surface area contributed by atoms with Crippen LogP contribution in [-0.4, -0.2) is 15.9 Å². The fourth-order valence-electron chi connectivity index (χ4n) is 1.83. The summed E-state index contributed by atoms with van der Waals surface area (Å²) in [6.45, 7) is 0. The molecular weight excluding hydrogens is 405 g/mol. The van der Waals surface area contributed by atoms with Gasteiger partial charge in [0.2, 0.25) is 5.91 Å². The zero-order valence-corrected chi connectivity index (χ0v) is 16.1. The van der Waals surface area contributed by atoms with Crippen molar-refractivity contribution < 1.29 is 4.79 Å². The van der Waals surface area contributed by atoms with Crippen LogP contribution < -0.4 is 5.32 Å². The summed E-state index contributed by atoms with van der Waals surface area (Å²) >= 11 is 16.5. The third-order valence-corrected chi connectivity index (χ3v) is 6.31.